The predicted molar refractivity (Wildman–Crippen MR) is 68.7 cm³/mol. The molecule has 0 radical (unpaired) electrons. The number of hydrogen-bond acceptors (Lipinski definition) is 4. The van der Waals surface area contributed by atoms with E-state index in [0.29, 0.717) is 6.61 Å². The number of ether oxygens (including phenoxy) is 1. The van der Waals surface area contributed by atoms with Gasteiger partial charge in [0.2, 0.25) is 0 Å². The molecule has 1 aromatic rings. The van der Waals surface area contributed by atoms with Gasteiger partial charge in [-0.25, -0.2) is 0 Å². The molecule has 2 heterocycles. The van der Waals surface area contributed by atoms with Crippen LogP contribution >= 0.6 is 0 Å². The summed E-state index contributed by atoms with van der Waals surface area (Å²) < 4.78 is 5.79. The fourth-order valence-electron chi connectivity index (χ4n) is 1.76. The molecular weight excluding hydrogens is 214 g/mol. The third-order valence-corrected chi connectivity index (χ3v) is 2.59. The molecule has 0 fully saturated rings. The van der Waals surface area contributed by atoms with Crippen molar-refractivity contribution in [2.45, 2.75) is 26.2 Å². The van der Waals surface area contributed by atoms with E-state index in [9.17, 15) is 0 Å². The zero-order valence-electron chi connectivity index (χ0n) is 10.7. The van der Waals surface area contributed by atoms with Gasteiger partial charge in [0.1, 0.15) is 18.2 Å². The number of hydrogen-bond donors (Lipinski definition) is 1. The molecule has 1 aliphatic heterocycles. The van der Waals surface area contributed by atoms with E-state index in [1.807, 2.05) is 12.1 Å². The van der Waals surface area contributed by atoms with Crippen LogP contribution in [0.5, 0.6) is 5.75 Å². The molecule has 1 aromatic heterocycles. The maximum atomic E-state index is 5.79. The van der Waals surface area contributed by atoms with E-state index in [1.165, 1.54) is 0 Å². The molecule has 0 aromatic carbocycles. The molecular formula is C13H19N3O. The minimum atomic E-state index is -0.0124. The summed E-state index contributed by atoms with van der Waals surface area (Å²) in [4.78, 5) is 8.71. The van der Waals surface area contributed by atoms with Gasteiger partial charge in [0.05, 0.1) is 12.2 Å². The number of amidine groups is 1. The van der Waals surface area contributed by atoms with Gasteiger partial charge in [0.25, 0.3) is 0 Å². The fraction of sp³-hybridized carbons (Fsp3) is 0.538. The summed E-state index contributed by atoms with van der Waals surface area (Å²) >= 11 is 0. The third kappa shape index (κ3) is 2.96. The van der Waals surface area contributed by atoms with Crippen molar-refractivity contribution in [2.24, 2.45) is 4.99 Å². The Bertz CT molecular complexity index is 421. The Morgan fingerprint density at radius 1 is 1.41 bits per heavy atom. The molecule has 2 rings (SSSR count). The molecule has 0 saturated carbocycles. The Kier molecular flexibility index (Phi) is 3.31. The second-order valence-electron chi connectivity index (χ2n) is 5.14. The van der Waals surface area contributed by atoms with E-state index in [-0.39, 0.29) is 5.41 Å². The van der Waals surface area contributed by atoms with Crippen LogP contribution < -0.4 is 10.1 Å². The van der Waals surface area contributed by atoms with E-state index < -0.39 is 0 Å². The molecule has 1 N–H and O–H groups in total. The molecule has 0 spiro atoms. The van der Waals surface area contributed by atoms with Gasteiger partial charge in [0.15, 0.2) is 0 Å². The smallest absolute Gasteiger partial charge is 0.145 e. The van der Waals surface area contributed by atoms with Crippen LogP contribution in [-0.4, -0.2) is 30.5 Å². The number of aromatic nitrogens is 1. The molecule has 4 nitrogen and oxygen atoms in total. The Hall–Kier alpha value is -1.58. The highest BCUT2D eigenvalue weighted by molar-refractivity contribution is 5.85. The van der Waals surface area contributed by atoms with Crippen LogP contribution in [0.15, 0.2) is 23.3 Å². The summed E-state index contributed by atoms with van der Waals surface area (Å²) in [6.07, 6.45) is 1.80. The molecule has 92 valence electrons. The minimum absolute atomic E-state index is 0.0124. The van der Waals surface area contributed by atoms with Crippen LogP contribution in [0.3, 0.4) is 0 Å². The number of nitrogens with one attached hydrogen (secondary N) is 1. The first-order valence-electron chi connectivity index (χ1n) is 5.93. The van der Waals surface area contributed by atoms with Crippen molar-refractivity contribution in [3.8, 4) is 5.75 Å². The van der Waals surface area contributed by atoms with Crippen molar-refractivity contribution in [1.29, 1.82) is 0 Å². The molecule has 0 aliphatic carbocycles. The molecule has 0 bridgehead atoms. The first-order chi connectivity index (χ1) is 8.07. The highest BCUT2D eigenvalue weighted by atomic mass is 16.5. The van der Waals surface area contributed by atoms with Gasteiger partial charge in [-0.1, -0.05) is 20.8 Å². The Labute approximate surface area is 102 Å². The van der Waals surface area contributed by atoms with Crippen LogP contribution in [0.4, 0.5) is 0 Å². The van der Waals surface area contributed by atoms with Crippen LogP contribution in [0, 0.1) is 0 Å². The minimum Gasteiger partial charge on any atom is -0.484 e. The van der Waals surface area contributed by atoms with Crippen molar-refractivity contribution >= 4 is 5.84 Å². The summed E-state index contributed by atoms with van der Waals surface area (Å²) in [6.45, 7) is 8.65. The molecule has 0 unspecified atom stereocenters. The van der Waals surface area contributed by atoms with E-state index >= 15 is 0 Å². The lowest BCUT2D eigenvalue weighted by atomic mass is 9.91. The van der Waals surface area contributed by atoms with Crippen molar-refractivity contribution in [3.05, 3.63) is 24.0 Å². The molecule has 4 heteroatoms. The number of nitrogens with zero attached hydrogens (tertiary/aromatic N) is 2. The first-order valence-corrected chi connectivity index (χ1v) is 5.93. The van der Waals surface area contributed by atoms with Gasteiger partial charge in [-0.3, -0.25) is 9.98 Å². The fourth-order valence-corrected chi connectivity index (χ4v) is 1.76. The standard InChI is InChI=1S/C13H19N3O/c1-13(2,3)12-10(5-4-6-16-12)17-9-11-14-7-8-15-11/h4-6H,7-9H2,1-3H3,(H,14,15). The van der Waals surface area contributed by atoms with Crippen molar-refractivity contribution in [1.82, 2.24) is 10.3 Å². The van der Waals surface area contributed by atoms with Crippen LogP contribution in [0.25, 0.3) is 0 Å². The zero-order chi connectivity index (χ0) is 12.3. The second kappa shape index (κ2) is 4.73. The molecule has 1 aliphatic rings. The van der Waals surface area contributed by atoms with Gasteiger partial charge in [-0.05, 0) is 12.1 Å². The third-order valence-electron chi connectivity index (χ3n) is 2.59. The molecule has 0 saturated heterocycles. The summed E-state index contributed by atoms with van der Waals surface area (Å²) in [5.41, 5.74) is 0.972. The average molecular weight is 233 g/mol. The monoisotopic (exact) mass is 233 g/mol. The van der Waals surface area contributed by atoms with Gasteiger partial charge in [-0.2, -0.15) is 0 Å². The van der Waals surface area contributed by atoms with E-state index in [1.54, 1.807) is 6.20 Å². The topological polar surface area (TPSA) is 46.5 Å². The summed E-state index contributed by atoms with van der Waals surface area (Å²) in [7, 11) is 0. The van der Waals surface area contributed by atoms with Crippen LogP contribution in [0.2, 0.25) is 0 Å². The van der Waals surface area contributed by atoms with Crippen molar-refractivity contribution in [3.63, 3.8) is 0 Å². The maximum absolute atomic E-state index is 5.79. The van der Waals surface area contributed by atoms with E-state index in [0.717, 1.165) is 30.4 Å². The number of pyridine rings is 1. The van der Waals surface area contributed by atoms with Crippen LogP contribution in [-0.2, 0) is 5.41 Å². The molecule has 0 amide bonds. The average Bonchev–Trinajstić information content (AvgIpc) is 2.78. The Morgan fingerprint density at radius 3 is 2.88 bits per heavy atom. The van der Waals surface area contributed by atoms with E-state index in [4.69, 9.17) is 4.74 Å². The van der Waals surface area contributed by atoms with E-state index in [2.05, 4.69) is 36.1 Å². The predicted octanol–water partition coefficient (Wildman–Crippen LogP) is 1.76. The van der Waals surface area contributed by atoms with Gasteiger partial charge >= 0.3 is 0 Å². The normalized spacial score (nSPS) is 15.4. The quantitative estimate of drug-likeness (QED) is 0.865. The largest absolute Gasteiger partial charge is 0.484 e. The molecule has 17 heavy (non-hydrogen) atoms. The Morgan fingerprint density at radius 2 is 2.24 bits per heavy atom. The zero-order valence-corrected chi connectivity index (χ0v) is 10.7. The highest BCUT2D eigenvalue weighted by Gasteiger charge is 2.20. The first kappa shape index (κ1) is 11.9. The highest BCUT2D eigenvalue weighted by Crippen LogP contribution is 2.28. The summed E-state index contributed by atoms with van der Waals surface area (Å²) in [6, 6.07) is 3.86. The molecule has 0 atom stereocenters. The van der Waals surface area contributed by atoms with Gasteiger partial charge in [-0.15, -0.1) is 0 Å². The maximum Gasteiger partial charge on any atom is 0.145 e. The Balaban J connectivity index is 2.09. The van der Waals surface area contributed by atoms with Crippen molar-refractivity contribution < 1.29 is 4.74 Å². The summed E-state index contributed by atoms with van der Waals surface area (Å²) in [5, 5.41) is 3.19. The second-order valence-corrected chi connectivity index (χ2v) is 5.14. The number of aliphatic imine (C=N–C) groups is 1. The van der Waals surface area contributed by atoms with Gasteiger partial charge in [0, 0.05) is 18.2 Å². The lowest BCUT2D eigenvalue weighted by Crippen LogP contribution is -2.26. The SMILES string of the molecule is CC(C)(C)c1ncccc1OCC1=NCCN1. The van der Waals surface area contributed by atoms with Crippen LogP contribution in [0.1, 0.15) is 26.5 Å². The van der Waals surface area contributed by atoms with Gasteiger partial charge < -0.3 is 10.1 Å². The number of rotatable bonds is 3. The lowest BCUT2D eigenvalue weighted by molar-refractivity contribution is 0.356. The lowest BCUT2D eigenvalue weighted by Gasteiger charge is -2.21. The summed E-state index contributed by atoms with van der Waals surface area (Å²) in [5.74, 6) is 1.77. The van der Waals surface area contributed by atoms with Crippen molar-refractivity contribution in [2.75, 3.05) is 19.7 Å².